The number of aromatic nitrogens is 1. The molecule has 1 heterocycles. The number of hydrogen-bond acceptors (Lipinski definition) is 4. The first kappa shape index (κ1) is 20.6. The maximum absolute atomic E-state index is 12.4. The van der Waals surface area contributed by atoms with Crippen LogP contribution in [0.3, 0.4) is 0 Å². The topological polar surface area (TPSA) is 51.2 Å². The van der Waals surface area contributed by atoms with E-state index in [4.69, 9.17) is 4.74 Å². The molecule has 0 aliphatic carbocycles. The molecule has 0 atom stereocenters. The number of unbranched alkanes of at least 4 members (excludes halogenated alkanes) is 1. The zero-order valence-electron chi connectivity index (χ0n) is 17.4. The van der Waals surface area contributed by atoms with Crippen LogP contribution in [-0.4, -0.2) is 17.9 Å². The Kier molecular flexibility index (Phi) is 7.01. The number of nitrogens with one attached hydrogen (secondary N) is 1. The van der Waals surface area contributed by atoms with Gasteiger partial charge in [-0.15, -0.1) is 0 Å². The SMILES string of the molecule is CCCCC(=O)c1ccc(OC)c(Nc2cc(Cc3cccc(C)c3)ccn2)c1. The number of methoxy groups -OCH3 is 1. The van der Waals surface area contributed by atoms with Gasteiger partial charge in [-0.1, -0.05) is 43.2 Å². The summed E-state index contributed by atoms with van der Waals surface area (Å²) in [7, 11) is 1.63. The molecule has 0 aliphatic rings. The average Bonchev–Trinajstić information content (AvgIpc) is 2.72. The van der Waals surface area contributed by atoms with Gasteiger partial charge in [0.1, 0.15) is 11.6 Å². The quantitative estimate of drug-likeness (QED) is 0.450. The number of nitrogens with zero attached hydrogens (tertiary/aromatic N) is 1. The second kappa shape index (κ2) is 9.87. The van der Waals surface area contributed by atoms with Crippen LogP contribution in [0, 0.1) is 6.92 Å². The number of carbonyl (C=O) groups is 1. The van der Waals surface area contributed by atoms with Crippen LogP contribution in [0.15, 0.2) is 60.8 Å². The van der Waals surface area contributed by atoms with Crippen LogP contribution in [0.1, 0.15) is 53.2 Å². The summed E-state index contributed by atoms with van der Waals surface area (Å²) in [4.78, 5) is 16.9. The summed E-state index contributed by atoms with van der Waals surface area (Å²) in [5, 5.41) is 3.32. The van der Waals surface area contributed by atoms with Crippen molar-refractivity contribution in [2.45, 2.75) is 39.5 Å². The van der Waals surface area contributed by atoms with Crippen molar-refractivity contribution in [1.82, 2.24) is 4.98 Å². The summed E-state index contributed by atoms with van der Waals surface area (Å²) in [5.41, 5.74) is 5.13. The van der Waals surface area contributed by atoms with Gasteiger partial charge in [0.15, 0.2) is 5.78 Å². The summed E-state index contributed by atoms with van der Waals surface area (Å²) >= 11 is 0. The molecule has 0 aliphatic heterocycles. The number of anilines is 2. The van der Waals surface area contributed by atoms with E-state index in [2.05, 4.69) is 48.4 Å². The fourth-order valence-corrected chi connectivity index (χ4v) is 3.31. The van der Waals surface area contributed by atoms with Gasteiger partial charge in [-0.25, -0.2) is 4.98 Å². The van der Waals surface area contributed by atoms with Crippen LogP contribution in [0.25, 0.3) is 0 Å². The average molecular weight is 389 g/mol. The summed E-state index contributed by atoms with van der Waals surface area (Å²) in [6, 6.07) is 18.1. The fraction of sp³-hybridized carbons (Fsp3) is 0.280. The second-order valence-electron chi connectivity index (χ2n) is 7.28. The third-order valence-electron chi connectivity index (χ3n) is 4.86. The lowest BCUT2D eigenvalue weighted by Crippen LogP contribution is -2.03. The number of Topliss-reactive ketones (excluding diaryl/α,β-unsaturated/α-hetero) is 1. The number of ketones is 1. The van der Waals surface area contributed by atoms with E-state index in [1.165, 1.54) is 16.7 Å². The van der Waals surface area contributed by atoms with Crippen molar-refractivity contribution >= 4 is 17.3 Å². The molecule has 0 bridgehead atoms. The van der Waals surface area contributed by atoms with E-state index in [0.717, 1.165) is 30.8 Å². The van der Waals surface area contributed by atoms with Crippen LogP contribution in [0.5, 0.6) is 5.75 Å². The monoisotopic (exact) mass is 388 g/mol. The fourth-order valence-electron chi connectivity index (χ4n) is 3.31. The smallest absolute Gasteiger partial charge is 0.162 e. The summed E-state index contributed by atoms with van der Waals surface area (Å²) in [6.07, 6.45) is 5.11. The van der Waals surface area contributed by atoms with Crippen molar-refractivity contribution in [2.75, 3.05) is 12.4 Å². The Bertz CT molecular complexity index is 982. The second-order valence-corrected chi connectivity index (χ2v) is 7.28. The Hall–Kier alpha value is -3.14. The first-order chi connectivity index (χ1) is 14.1. The van der Waals surface area contributed by atoms with Crippen molar-refractivity contribution in [3.8, 4) is 5.75 Å². The van der Waals surface area contributed by atoms with Gasteiger partial charge in [-0.05, 0) is 61.2 Å². The minimum absolute atomic E-state index is 0.152. The maximum atomic E-state index is 12.4. The van der Waals surface area contributed by atoms with Crippen LogP contribution < -0.4 is 10.1 Å². The summed E-state index contributed by atoms with van der Waals surface area (Å²) in [5.74, 6) is 1.56. The first-order valence-corrected chi connectivity index (χ1v) is 10.1. The third kappa shape index (κ3) is 5.67. The predicted octanol–water partition coefficient (Wildman–Crippen LogP) is 6.11. The Labute approximate surface area is 173 Å². The molecule has 4 heteroatoms. The molecular weight excluding hydrogens is 360 g/mol. The van der Waals surface area contributed by atoms with E-state index in [1.54, 1.807) is 13.3 Å². The lowest BCUT2D eigenvalue weighted by Gasteiger charge is -2.13. The van der Waals surface area contributed by atoms with Gasteiger partial charge in [0.25, 0.3) is 0 Å². The highest BCUT2D eigenvalue weighted by molar-refractivity contribution is 5.97. The van der Waals surface area contributed by atoms with Crippen molar-refractivity contribution < 1.29 is 9.53 Å². The number of ether oxygens (including phenoxy) is 1. The number of pyridine rings is 1. The maximum Gasteiger partial charge on any atom is 0.162 e. The Morgan fingerprint density at radius 1 is 1.07 bits per heavy atom. The lowest BCUT2D eigenvalue weighted by atomic mass is 10.0. The number of rotatable bonds is 9. The predicted molar refractivity (Wildman–Crippen MR) is 118 cm³/mol. The van der Waals surface area contributed by atoms with Crippen LogP contribution >= 0.6 is 0 Å². The molecule has 0 radical (unpaired) electrons. The van der Waals surface area contributed by atoms with Gasteiger partial charge in [0.05, 0.1) is 12.8 Å². The number of aryl methyl sites for hydroxylation is 1. The molecule has 3 rings (SSSR count). The van der Waals surface area contributed by atoms with Crippen molar-refractivity contribution in [3.63, 3.8) is 0 Å². The van der Waals surface area contributed by atoms with Crippen LogP contribution in [0.4, 0.5) is 11.5 Å². The van der Waals surface area contributed by atoms with Gasteiger partial charge in [-0.2, -0.15) is 0 Å². The van der Waals surface area contributed by atoms with Gasteiger partial charge in [0.2, 0.25) is 0 Å². The molecule has 0 saturated heterocycles. The zero-order chi connectivity index (χ0) is 20.6. The number of hydrogen-bond donors (Lipinski definition) is 1. The number of benzene rings is 2. The molecule has 0 unspecified atom stereocenters. The molecule has 1 N–H and O–H groups in total. The Balaban J connectivity index is 1.80. The van der Waals surface area contributed by atoms with E-state index in [0.29, 0.717) is 17.7 Å². The standard InChI is InChI=1S/C25H28N2O2/c1-4-5-9-23(28)21-10-11-24(29-3)22(17-21)27-25-16-20(12-13-26-25)15-19-8-6-7-18(2)14-19/h6-8,10-14,16-17H,4-5,9,15H2,1-3H3,(H,26,27). The Morgan fingerprint density at radius 2 is 1.90 bits per heavy atom. The normalized spacial score (nSPS) is 10.6. The van der Waals surface area contributed by atoms with Gasteiger partial charge in [0, 0.05) is 18.2 Å². The first-order valence-electron chi connectivity index (χ1n) is 10.1. The lowest BCUT2D eigenvalue weighted by molar-refractivity contribution is 0.0980. The minimum Gasteiger partial charge on any atom is -0.495 e. The van der Waals surface area contributed by atoms with E-state index in [1.807, 2.05) is 30.3 Å². The largest absolute Gasteiger partial charge is 0.495 e. The molecule has 150 valence electrons. The number of carbonyl (C=O) groups excluding carboxylic acids is 1. The Morgan fingerprint density at radius 3 is 2.66 bits per heavy atom. The van der Waals surface area contributed by atoms with E-state index in [9.17, 15) is 4.79 Å². The van der Waals surface area contributed by atoms with Gasteiger partial charge < -0.3 is 10.1 Å². The van der Waals surface area contributed by atoms with E-state index in [-0.39, 0.29) is 5.78 Å². The van der Waals surface area contributed by atoms with Crippen molar-refractivity contribution in [3.05, 3.63) is 83.0 Å². The molecular formula is C25H28N2O2. The molecule has 4 nitrogen and oxygen atoms in total. The van der Waals surface area contributed by atoms with Crippen LogP contribution in [-0.2, 0) is 6.42 Å². The molecule has 29 heavy (non-hydrogen) atoms. The van der Waals surface area contributed by atoms with Crippen molar-refractivity contribution in [1.29, 1.82) is 0 Å². The van der Waals surface area contributed by atoms with E-state index >= 15 is 0 Å². The third-order valence-corrected chi connectivity index (χ3v) is 4.86. The highest BCUT2D eigenvalue weighted by Gasteiger charge is 2.11. The van der Waals surface area contributed by atoms with E-state index < -0.39 is 0 Å². The van der Waals surface area contributed by atoms with Crippen molar-refractivity contribution in [2.24, 2.45) is 0 Å². The van der Waals surface area contributed by atoms with Gasteiger partial charge >= 0.3 is 0 Å². The zero-order valence-corrected chi connectivity index (χ0v) is 17.4. The van der Waals surface area contributed by atoms with Gasteiger partial charge in [-0.3, -0.25) is 4.79 Å². The summed E-state index contributed by atoms with van der Waals surface area (Å²) in [6.45, 7) is 4.19. The molecule has 0 saturated carbocycles. The highest BCUT2D eigenvalue weighted by atomic mass is 16.5. The summed E-state index contributed by atoms with van der Waals surface area (Å²) < 4.78 is 5.47. The molecule has 0 spiro atoms. The highest BCUT2D eigenvalue weighted by Crippen LogP contribution is 2.29. The minimum atomic E-state index is 0.152. The van der Waals surface area contributed by atoms with Crippen LogP contribution in [0.2, 0.25) is 0 Å². The molecule has 0 amide bonds. The molecule has 0 fully saturated rings. The molecule has 1 aromatic heterocycles. The molecule has 2 aromatic carbocycles. The molecule has 3 aromatic rings.